The lowest BCUT2D eigenvalue weighted by atomic mass is 10.0. The van der Waals surface area contributed by atoms with E-state index in [1.54, 1.807) is 43.5 Å². The standard InChI is InChI=1S/C34H35Cl2N3O5S/c1-3-19-37-34(41)32(21-25-11-6-4-7-12-25)38(23-26-13-10-14-28(20-26)44-2)33(40)24-39(31-18-17-27(35)22-30(31)36)45(42,43)29-15-8-5-9-16-29/h4-18,20,22,32H,3,19,21,23-24H2,1-2H3,(H,37,41)/t32-/m1/s1. The highest BCUT2D eigenvalue weighted by Crippen LogP contribution is 2.33. The SMILES string of the molecule is CCCNC(=O)[C@@H](Cc1ccccc1)N(Cc1cccc(OC)c1)C(=O)CN(c1ccc(Cl)cc1Cl)S(=O)(=O)c1ccccc1. The van der Waals surface area contributed by atoms with Gasteiger partial charge in [0.15, 0.2) is 0 Å². The third-order valence-corrected chi connectivity index (χ3v) is 9.41. The first-order valence-corrected chi connectivity index (χ1v) is 16.6. The number of hydrogen-bond donors (Lipinski definition) is 1. The Bertz CT molecular complexity index is 1710. The number of nitrogens with zero attached hydrogens (tertiary/aromatic N) is 2. The Morgan fingerprint density at radius 3 is 2.18 bits per heavy atom. The molecule has 45 heavy (non-hydrogen) atoms. The zero-order chi connectivity index (χ0) is 32.4. The van der Waals surface area contributed by atoms with Crippen molar-refractivity contribution in [2.45, 2.75) is 37.2 Å². The predicted molar refractivity (Wildman–Crippen MR) is 178 cm³/mol. The minimum Gasteiger partial charge on any atom is -0.497 e. The van der Waals surface area contributed by atoms with Gasteiger partial charge in [-0.2, -0.15) is 0 Å². The first kappa shape index (κ1) is 33.8. The van der Waals surface area contributed by atoms with E-state index < -0.39 is 28.5 Å². The Balaban J connectivity index is 1.82. The molecular formula is C34H35Cl2N3O5S. The molecule has 0 aliphatic carbocycles. The Morgan fingerprint density at radius 2 is 1.53 bits per heavy atom. The van der Waals surface area contributed by atoms with E-state index in [9.17, 15) is 18.0 Å². The molecule has 0 aromatic heterocycles. The number of carbonyl (C=O) groups is 2. The second-order valence-corrected chi connectivity index (χ2v) is 13.0. The number of hydrogen-bond acceptors (Lipinski definition) is 5. The largest absolute Gasteiger partial charge is 0.497 e. The van der Waals surface area contributed by atoms with Crippen molar-refractivity contribution in [2.24, 2.45) is 0 Å². The van der Waals surface area contributed by atoms with Gasteiger partial charge in [0.05, 0.1) is 22.7 Å². The summed E-state index contributed by atoms with van der Waals surface area (Å²) in [5.41, 5.74) is 1.62. The minimum absolute atomic E-state index is 0.0145. The van der Waals surface area contributed by atoms with Crippen molar-refractivity contribution in [3.05, 3.63) is 124 Å². The van der Waals surface area contributed by atoms with Gasteiger partial charge in [-0.3, -0.25) is 13.9 Å². The fraction of sp³-hybridized carbons (Fsp3) is 0.235. The van der Waals surface area contributed by atoms with Crippen molar-refractivity contribution in [3.8, 4) is 5.75 Å². The zero-order valence-electron chi connectivity index (χ0n) is 25.0. The van der Waals surface area contributed by atoms with Crippen molar-refractivity contribution >= 4 is 50.7 Å². The highest BCUT2D eigenvalue weighted by Gasteiger charge is 2.35. The molecule has 0 saturated carbocycles. The van der Waals surface area contributed by atoms with Crippen LogP contribution in [0.2, 0.25) is 10.0 Å². The number of amides is 2. The summed E-state index contributed by atoms with van der Waals surface area (Å²) in [7, 11) is -2.74. The van der Waals surface area contributed by atoms with Gasteiger partial charge in [-0.15, -0.1) is 0 Å². The fourth-order valence-corrected chi connectivity index (χ4v) is 6.82. The van der Waals surface area contributed by atoms with Crippen molar-refractivity contribution in [2.75, 3.05) is 24.5 Å². The zero-order valence-corrected chi connectivity index (χ0v) is 27.4. The van der Waals surface area contributed by atoms with E-state index in [1.807, 2.05) is 43.3 Å². The smallest absolute Gasteiger partial charge is 0.264 e. The molecule has 4 rings (SSSR count). The number of ether oxygens (including phenoxy) is 1. The first-order chi connectivity index (χ1) is 21.6. The van der Waals surface area contributed by atoms with E-state index in [0.717, 1.165) is 9.87 Å². The first-order valence-electron chi connectivity index (χ1n) is 14.4. The summed E-state index contributed by atoms with van der Waals surface area (Å²) in [4.78, 5) is 29.6. The number of rotatable bonds is 14. The van der Waals surface area contributed by atoms with Crippen molar-refractivity contribution in [3.63, 3.8) is 0 Å². The molecular weight excluding hydrogens is 633 g/mol. The maximum Gasteiger partial charge on any atom is 0.264 e. The molecule has 1 atom stereocenters. The fourth-order valence-electron chi connectivity index (χ4n) is 4.80. The molecule has 0 heterocycles. The lowest BCUT2D eigenvalue weighted by molar-refractivity contribution is -0.140. The Labute approximate surface area is 274 Å². The Morgan fingerprint density at radius 1 is 0.867 bits per heavy atom. The predicted octanol–water partition coefficient (Wildman–Crippen LogP) is 6.36. The third-order valence-electron chi connectivity index (χ3n) is 7.10. The van der Waals surface area contributed by atoms with Gasteiger partial charge in [-0.05, 0) is 60.0 Å². The van der Waals surface area contributed by atoms with E-state index in [1.165, 1.54) is 35.2 Å². The minimum atomic E-state index is -4.28. The molecule has 4 aromatic carbocycles. The van der Waals surface area contributed by atoms with Crippen LogP contribution in [0.4, 0.5) is 5.69 Å². The maximum atomic E-state index is 14.5. The quantitative estimate of drug-likeness (QED) is 0.169. The molecule has 0 bridgehead atoms. The van der Waals surface area contributed by atoms with E-state index >= 15 is 0 Å². The van der Waals surface area contributed by atoms with Gasteiger partial charge in [0, 0.05) is 24.5 Å². The number of carbonyl (C=O) groups excluding carboxylic acids is 2. The molecule has 2 amide bonds. The molecule has 0 saturated heterocycles. The number of nitrogens with one attached hydrogen (secondary N) is 1. The average Bonchev–Trinajstić information content (AvgIpc) is 3.05. The van der Waals surface area contributed by atoms with Gasteiger partial charge < -0.3 is 15.0 Å². The highest BCUT2D eigenvalue weighted by atomic mass is 35.5. The van der Waals surface area contributed by atoms with Crippen LogP contribution < -0.4 is 14.4 Å². The molecule has 0 aliphatic heterocycles. The molecule has 236 valence electrons. The monoisotopic (exact) mass is 667 g/mol. The molecule has 0 aliphatic rings. The average molecular weight is 669 g/mol. The Kier molecular flexibility index (Phi) is 11.9. The van der Waals surface area contributed by atoms with Crippen LogP contribution in [0.25, 0.3) is 0 Å². The summed E-state index contributed by atoms with van der Waals surface area (Å²) in [5, 5.41) is 3.29. The van der Waals surface area contributed by atoms with Crippen molar-refractivity contribution in [1.82, 2.24) is 10.2 Å². The number of anilines is 1. The Hall–Kier alpha value is -4.05. The lowest BCUT2D eigenvalue weighted by Gasteiger charge is -2.34. The van der Waals surface area contributed by atoms with Gasteiger partial charge in [0.2, 0.25) is 11.8 Å². The number of benzene rings is 4. The van der Waals surface area contributed by atoms with Crippen LogP contribution in [0.3, 0.4) is 0 Å². The second kappa shape index (κ2) is 15.8. The van der Waals surface area contributed by atoms with E-state index in [0.29, 0.717) is 29.3 Å². The summed E-state index contributed by atoms with van der Waals surface area (Å²) in [6.07, 6.45) is 0.908. The summed E-state index contributed by atoms with van der Waals surface area (Å²) in [6, 6.07) is 27.7. The van der Waals surface area contributed by atoms with E-state index in [4.69, 9.17) is 27.9 Å². The number of methoxy groups -OCH3 is 1. The van der Waals surface area contributed by atoms with Crippen LogP contribution in [0.15, 0.2) is 108 Å². The molecule has 11 heteroatoms. The van der Waals surface area contributed by atoms with Crippen LogP contribution in [-0.2, 0) is 32.6 Å². The molecule has 0 fully saturated rings. The molecule has 0 spiro atoms. The molecule has 0 radical (unpaired) electrons. The van der Waals surface area contributed by atoms with Gasteiger partial charge in [0.1, 0.15) is 18.3 Å². The van der Waals surface area contributed by atoms with Crippen LogP contribution in [-0.4, -0.2) is 51.4 Å². The summed E-state index contributed by atoms with van der Waals surface area (Å²) in [6.45, 7) is 1.74. The number of halogens is 2. The summed E-state index contributed by atoms with van der Waals surface area (Å²) in [5.74, 6) is -0.369. The highest BCUT2D eigenvalue weighted by molar-refractivity contribution is 7.92. The van der Waals surface area contributed by atoms with Crippen LogP contribution in [0.5, 0.6) is 5.75 Å². The van der Waals surface area contributed by atoms with Gasteiger partial charge in [0.25, 0.3) is 10.0 Å². The third kappa shape index (κ3) is 8.78. The lowest BCUT2D eigenvalue weighted by Crippen LogP contribution is -2.53. The molecule has 4 aromatic rings. The number of sulfonamides is 1. The van der Waals surface area contributed by atoms with Crippen LogP contribution >= 0.6 is 23.2 Å². The summed E-state index contributed by atoms with van der Waals surface area (Å²) < 4.78 is 34.5. The van der Waals surface area contributed by atoms with Gasteiger partial charge in [-0.25, -0.2) is 8.42 Å². The maximum absolute atomic E-state index is 14.5. The second-order valence-electron chi connectivity index (χ2n) is 10.3. The van der Waals surface area contributed by atoms with E-state index in [-0.39, 0.29) is 34.5 Å². The molecule has 1 N–H and O–H groups in total. The normalized spacial score (nSPS) is 11.8. The molecule has 8 nitrogen and oxygen atoms in total. The van der Waals surface area contributed by atoms with Gasteiger partial charge in [-0.1, -0.05) is 90.8 Å². The van der Waals surface area contributed by atoms with Crippen LogP contribution in [0.1, 0.15) is 24.5 Å². The van der Waals surface area contributed by atoms with Crippen LogP contribution in [0, 0.1) is 0 Å². The van der Waals surface area contributed by atoms with Crippen molar-refractivity contribution in [1.29, 1.82) is 0 Å². The van der Waals surface area contributed by atoms with E-state index in [2.05, 4.69) is 5.32 Å². The van der Waals surface area contributed by atoms with Gasteiger partial charge >= 0.3 is 0 Å². The van der Waals surface area contributed by atoms with Crippen molar-refractivity contribution < 1.29 is 22.7 Å². The molecule has 0 unspecified atom stereocenters. The summed E-state index contributed by atoms with van der Waals surface area (Å²) >= 11 is 12.7. The topological polar surface area (TPSA) is 96.0 Å².